The predicted octanol–water partition coefficient (Wildman–Crippen LogP) is 8.63. The maximum absolute atomic E-state index is 10.6. The number of piperidine rings is 1. The lowest BCUT2D eigenvalue weighted by molar-refractivity contribution is 0.577. The van der Waals surface area contributed by atoms with Gasteiger partial charge in [-0.3, -0.25) is 0 Å². The molecule has 0 aliphatic carbocycles. The molecule has 0 amide bonds. The van der Waals surface area contributed by atoms with Crippen molar-refractivity contribution in [3.8, 4) is 28.3 Å². The molecule has 2 heteroatoms. The third-order valence-corrected chi connectivity index (χ3v) is 7.57. The molecule has 37 heavy (non-hydrogen) atoms. The Kier molecular flexibility index (Phi) is 6.44. The summed E-state index contributed by atoms with van der Waals surface area (Å²) < 4.78 is 0. The van der Waals surface area contributed by atoms with Crippen molar-refractivity contribution < 1.29 is 0 Å². The molecule has 0 spiro atoms. The van der Waals surface area contributed by atoms with E-state index in [1.165, 1.54) is 46.7 Å². The van der Waals surface area contributed by atoms with Crippen LogP contribution in [0.25, 0.3) is 33.0 Å². The lowest BCUT2D eigenvalue weighted by Crippen LogP contribution is -2.30. The molecule has 6 rings (SSSR count). The summed E-state index contributed by atoms with van der Waals surface area (Å²) in [6, 6.07) is 41.4. The monoisotopic (exact) mass is 478 g/mol. The van der Waals surface area contributed by atoms with Crippen LogP contribution in [0.1, 0.15) is 36.0 Å². The van der Waals surface area contributed by atoms with Crippen LogP contribution in [-0.2, 0) is 6.42 Å². The zero-order valence-corrected chi connectivity index (χ0v) is 21.0. The van der Waals surface area contributed by atoms with Gasteiger partial charge in [-0.1, -0.05) is 97.1 Å². The van der Waals surface area contributed by atoms with E-state index in [2.05, 4.69) is 120 Å². The van der Waals surface area contributed by atoms with Gasteiger partial charge >= 0.3 is 0 Å². The van der Waals surface area contributed by atoms with Crippen LogP contribution >= 0.6 is 0 Å². The molecule has 0 atom stereocenters. The molecule has 0 bridgehead atoms. The molecular weight excluding hydrogens is 448 g/mol. The molecule has 0 N–H and O–H groups in total. The van der Waals surface area contributed by atoms with Gasteiger partial charge in [0.25, 0.3) is 0 Å². The Balaban J connectivity index is 1.67. The molecule has 1 saturated heterocycles. The predicted molar refractivity (Wildman–Crippen MR) is 155 cm³/mol. The zero-order valence-electron chi connectivity index (χ0n) is 21.0. The maximum atomic E-state index is 10.6. The van der Waals surface area contributed by atoms with E-state index < -0.39 is 0 Å². The van der Waals surface area contributed by atoms with E-state index in [4.69, 9.17) is 0 Å². The average molecular weight is 479 g/mol. The summed E-state index contributed by atoms with van der Waals surface area (Å²) in [6.45, 7) is 2.00. The molecule has 1 aliphatic heterocycles. The minimum atomic E-state index is 0.718. The Morgan fingerprint density at radius 1 is 0.649 bits per heavy atom. The highest BCUT2D eigenvalue weighted by Crippen LogP contribution is 2.43. The lowest BCUT2D eigenvalue weighted by atomic mass is 9.83. The first-order chi connectivity index (χ1) is 18.3. The van der Waals surface area contributed by atoms with E-state index in [1.54, 1.807) is 0 Å². The summed E-state index contributed by atoms with van der Waals surface area (Å²) in [5.41, 5.74) is 8.93. The van der Waals surface area contributed by atoms with Gasteiger partial charge < -0.3 is 4.90 Å². The normalized spacial score (nSPS) is 13.4. The van der Waals surface area contributed by atoms with Gasteiger partial charge in [0.1, 0.15) is 6.07 Å². The molecule has 5 aromatic rings. The van der Waals surface area contributed by atoms with Crippen molar-refractivity contribution in [2.24, 2.45) is 0 Å². The number of rotatable bonds is 5. The van der Waals surface area contributed by atoms with Gasteiger partial charge in [-0.2, -0.15) is 5.26 Å². The highest BCUT2D eigenvalue weighted by molar-refractivity contribution is 5.95. The lowest BCUT2D eigenvalue weighted by Gasteiger charge is -2.32. The van der Waals surface area contributed by atoms with E-state index in [0.29, 0.717) is 0 Å². The largest absolute Gasteiger partial charge is 0.370 e. The first kappa shape index (κ1) is 23.1. The highest BCUT2D eigenvalue weighted by atomic mass is 15.1. The summed E-state index contributed by atoms with van der Waals surface area (Å²) in [4.78, 5) is 2.44. The van der Waals surface area contributed by atoms with Crippen LogP contribution in [0.4, 0.5) is 5.69 Å². The minimum Gasteiger partial charge on any atom is -0.370 e. The quantitative estimate of drug-likeness (QED) is 0.253. The number of nitriles is 1. The standard InChI is InChI=1S/C35H30N2/c36-25-33-32(22-26-12-4-1-5-13-26)35(28-15-6-2-7-16-28)31(24-34(33)37-20-10-3-11-21-37)30-19-18-27-14-8-9-17-29(27)23-30/h1-2,4-9,12-19,23-24H,3,10-11,20-22H2. The fraction of sp³-hybridized carbons (Fsp3) is 0.171. The van der Waals surface area contributed by atoms with E-state index in [9.17, 15) is 5.26 Å². The SMILES string of the molecule is N#Cc1c(N2CCCCC2)cc(-c2ccc3ccccc3c2)c(-c2ccccc2)c1Cc1ccccc1. The van der Waals surface area contributed by atoms with E-state index in [-0.39, 0.29) is 0 Å². The molecular formula is C35H30N2. The molecule has 2 nitrogen and oxygen atoms in total. The molecule has 5 aromatic carbocycles. The molecule has 180 valence electrons. The van der Waals surface area contributed by atoms with Crippen molar-refractivity contribution in [1.29, 1.82) is 5.26 Å². The Labute approximate surface area is 219 Å². The summed E-state index contributed by atoms with van der Waals surface area (Å²) in [7, 11) is 0. The second kappa shape index (κ2) is 10.3. The highest BCUT2D eigenvalue weighted by Gasteiger charge is 2.24. The average Bonchev–Trinajstić information content (AvgIpc) is 2.98. The van der Waals surface area contributed by atoms with Gasteiger partial charge in [0.2, 0.25) is 0 Å². The Morgan fingerprint density at radius 3 is 2.05 bits per heavy atom. The Hall–Kier alpha value is -4.35. The Bertz CT molecular complexity index is 1570. The number of fused-ring (bicyclic) bond motifs is 1. The smallest absolute Gasteiger partial charge is 0.102 e. The van der Waals surface area contributed by atoms with Crippen molar-refractivity contribution in [2.45, 2.75) is 25.7 Å². The second-order valence-electron chi connectivity index (χ2n) is 9.92. The van der Waals surface area contributed by atoms with Crippen LogP contribution in [0.15, 0.2) is 109 Å². The van der Waals surface area contributed by atoms with Gasteiger partial charge in [-0.15, -0.1) is 0 Å². The van der Waals surface area contributed by atoms with Gasteiger partial charge in [0.15, 0.2) is 0 Å². The minimum absolute atomic E-state index is 0.718. The first-order valence-corrected chi connectivity index (χ1v) is 13.3. The van der Waals surface area contributed by atoms with Crippen molar-refractivity contribution >= 4 is 16.5 Å². The molecule has 0 saturated carbocycles. The van der Waals surface area contributed by atoms with E-state index in [0.717, 1.165) is 47.5 Å². The number of hydrogen-bond donors (Lipinski definition) is 0. The fourth-order valence-corrected chi connectivity index (χ4v) is 5.73. The molecule has 0 aromatic heterocycles. The van der Waals surface area contributed by atoms with Gasteiger partial charge in [-0.05, 0) is 82.0 Å². The number of nitrogens with zero attached hydrogens (tertiary/aromatic N) is 2. The van der Waals surface area contributed by atoms with E-state index >= 15 is 0 Å². The topological polar surface area (TPSA) is 27.0 Å². The third kappa shape index (κ3) is 4.61. The van der Waals surface area contributed by atoms with Gasteiger partial charge in [0, 0.05) is 13.1 Å². The van der Waals surface area contributed by atoms with Crippen molar-refractivity contribution in [2.75, 3.05) is 18.0 Å². The molecule has 1 heterocycles. The maximum Gasteiger partial charge on any atom is 0.102 e. The zero-order chi connectivity index (χ0) is 25.0. The number of hydrogen-bond acceptors (Lipinski definition) is 2. The molecule has 1 aliphatic rings. The van der Waals surface area contributed by atoms with Crippen LogP contribution in [0.5, 0.6) is 0 Å². The Morgan fingerprint density at radius 2 is 1.32 bits per heavy atom. The fourth-order valence-electron chi connectivity index (χ4n) is 5.73. The first-order valence-electron chi connectivity index (χ1n) is 13.3. The number of anilines is 1. The van der Waals surface area contributed by atoms with Crippen LogP contribution in [0, 0.1) is 11.3 Å². The molecule has 1 fully saturated rings. The van der Waals surface area contributed by atoms with Crippen LogP contribution < -0.4 is 4.90 Å². The second-order valence-corrected chi connectivity index (χ2v) is 9.92. The molecule has 0 radical (unpaired) electrons. The summed E-state index contributed by atoms with van der Waals surface area (Å²) >= 11 is 0. The summed E-state index contributed by atoms with van der Waals surface area (Å²) in [5.74, 6) is 0. The van der Waals surface area contributed by atoms with Crippen LogP contribution in [-0.4, -0.2) is 13.1 Å². The van der Waals surface area contributed by atoms with E-state index in [1.807, 2.05) is 0 Å². The van der Waals surface area contributed by atoms with Crippen LogP contribution in [0.2, 0.25) is 0 Å². The third-order valence-electron chi connectivity index (χ3n) is 7.57. The van der Waals surface area contributed by atoms with Crippen molar-refractivity contribution in [3.05, 3.63) is 126 Å². The van der Waals surface area contributed by atoms with Crippen LogP contribution in [0.3, 0.4) is 0 Å². The van der Waals surface area contributed by atoms with Gasteiger partial charge in [-0.25, -0.2) is 0 Å². The summed E-state index contributed by atoms with van der Waals surface area (Å²) in [5, 5.41) is 13.1. The summed E-state index contributed by atoms with van der Waals surface area (Å²) in [6.07, 6.45) is 4.32. The van der Waals surface area contributed by atoms with Crippen molar-refractivity contribution in [1.82, 2.24) is 0 Å². The van der Waals surface area contributed by atoms with Gasteiger partial charge in [0.05, 0.1) is 11.3 Å². The van der Waals surface area contributed by atoms with Crippen molar-refractivity contribution in [3.63, 3.8) is 0 Å². The molecule has 0 unspecified atom stereocenters. The number of benzene rings is 5.